The first-order valence-electron chi connectivity index (χ1n) is 7.81. The maximum atomic E-state index is 12.2. The Morgan fingerprint density at radius 1 is 1.21 bits per heavy atom. The fourth-order valence-electron chi connectivity index (χ4n) is 1.69. The van der Waals surface area contributed by atoms with Crippen LogP contribution in [0.1, 0.15) is 30.1 Å². The van der Waals surface area contributed by atoms with E-state index in [1.54, 1.807) is 38.4 Å². The number of benzene rings is 1. The summed E-state index contributed by atoms with van der Waals surface area (Å²) >= 11 is 1.27. The smallest absolute Gasteiger partial charge is 0.339 e. The second-order valence-electron chi connectivity index (χ2n) is 5.35. The third-order valence-corrected chi connectivity index (χ3v) is 4.20. The zero-order valence-corrected chi connectivity index (χ0v) is 15.1. The summed E-state index contributed by atoms with van der Waals surface area (Å²) in [5.74, 6) is -0.696. The van der Waals surface area contributed by atoms with E-state index in [2.05, 4.69) is 5.32 Å². The number of hydrogen-bond donors (Lipinski definition) is 1. The van der Waals surface area contributed by atoms with Crippen molar-refractivity contribution in [2.75, 3.05) is 33.0 Å². The standard InChI is InChI=1S/C17H24N2O4S/c1-4-5-10-18-15(20)11-23-17(22)13-8-6-7-9-14(13)24-12-16(21)19(2)3/h6-9H,4-5,10-12H2,1-3H3,(H,18,20). The van der Waals surface area contributed by atoms with Crippen LogP contribution in [0.25, 0.3) is 0 Å². The summed E-state index contributed by atoms with van der Waals surface area (Å²) in [7, 11) is 3.36. The van der Waals surface area contributed by atoms with Crippen LogP contribution in [0.4, 0.5) is 0 Å². The minimum Gasteiger partial charge on any atom is -0.452 e. The van der Waals surface area contributed by atoms with Gasteiger partial charge in [-0.1, -0.05) is 25.5 Å². The number of nitrogens with zero attached hydrogens (tertiary/aromatic N) is 1. The number of carbonyl (C=O) groups excluding carboxylic acids is 3. The summed E-state index contributed by atoms with van der Waals surface area (Å²) in [5, 5.41) is 2.69. The van der Waals surface area contributed by atoms with Crippen LogP contribution in [-0.4, -0.2) is 55.7 Å². The summed E-state index contributed by atoms with van der Waals surface area (Å²) in [6, 6.07) is 6.89. The largest absolute Gasteiger partial charge is 0.452 e. The predicted octanol–water partition coefficient (Wildman–Crippen LogP) is 1.94. The number of nitrogens with one attached hydrogen (secondary N) is 1. The highest BCUT2D eigenvalue weighted by atomic mass is 32.2. The number of unbranched alkanes of at least 4 members (excludes halogenated alkanes) is 1. The maximum absolute atomic E-state index is 12.2. The quantitative estimate of drug-likeness (QED) is 0.418. The summed E-state index contributed by atoms with van der Waals surface area (Å²) in [4.78, 5) is 37.6. The molecule has 1 aromatic carbocycles. The van der Waals surface area contributed by atoms with Crippen molar-refractivity contribution in [2.24, 2.45) is 0 Å². The molecule has 0 aliphatic rings. The molecule has 1 N–H and O–H groups in total. The Balaban J connectivity index is 2.57. The Hall–Kier alpha value is -2.02. The molecule has 0 unspecified atom stereocenters. The average Bonchev–Trinajstić information content (AvgIpc) is 2.57. The molecular weight excluding hydrogens is 328 g/mol. The lowest BCUT2D eigenvalue weighted by Gasteiger charge is -2.12. The molecule has 0 aliphatic carbocycles. The number of ether oxygens (including phenoxy) is 1. The highest BCUT2D eigenvalue weighted by Gasteiger charge is 2.15. The first-order chi connectivity index (χ1) is 11.5. The Morgan fingerprint density at radius 3 is 2.58 bits per heavy atom. The third kappa shape index (κ3) is 7.04. The SMILES string of the molecule is CCCCNC(=O)COC(=O)c1ccccc1SCC(=O)N(C)C. The van der Waals surface area contributed by atoms with Gasteiger partial charge in [0.25, 0.3) is 5.91 Å². The molecule has 132 valence electrons. The molecule has 7 heteroatoms. The summed E-state index contributed by atoms with van der Waals surface area (Å²) in [6.07, 6.45) is 1.87. The van der Waals surface area contributed by atoms with Crippen molar-refractivity contribution >= 4 is 29.5 Å². The van der Waals surface area contributed by atoms with E-state index in [1.165, 1.54) is 16.7 Å². The predicted molar refractivity (Wildman–Crippen MR) is 94.1 cm³/mol. The van der Waals surface area contributed by atoms with Crippen molar-refractivity contribution in [3.8, 4) is 0 Å². The topological polar surface area (TPSA) is 75.7 Å². The van der Waals surface area contributed by atoms with Gasteiger partial charge in [0.15, 0.2) is 6.61 Å². The van der Waals surface area contributed by atoms with Crippen LogP contribution in [0, 0.1) is 0 Å². The fourth-order valence-corrected chi connectivity index (χ4v) is 2.71. The lowest BCUT2D eigenvalue weighted by Crippen LogP contribution is -2.29. The van der Waals surface area contributed by atoms with Gasteiger partial charge in [-0.25, -0.2) is 4.79 Å². The van der Waals surface area contributed by atoms with E-state index >= 15 is 0 Å². The van der Waals surface area contributed by atoms with Gasteiger partial charge in [0, 0.05) is 25.5 Å². The molecule has 1 aromatic rings. The molecule has 2 amide bonds. The maximum Gasteiger partial charge on any atom is 0.339 e. The number of rotatable bonds is 9. The normalized spacial score (nSPS) is 10.1. The Labute approximate surface area is 146 Å². The Bertz CT molecular complexity index is 575. The lowest BCUT2D eigenvalue weighted by atomic mass is 10.2. The van der Waals surface area contributed by atoms with Gasteiger partial charge in [-0.3, -0.25) is 9.59 Å². The average molecular weight is 352 g/mol. The van der Waals surface area contributed by atoms with Crippen LogP contribution in [0.5, 0.6) is 0 Å². The zero-order chi connectivity index (χ0) is 17.9. The van der Waals surface area contributed by atoms with E-state index in [4.69, 9.17) is 4.74 Å². The van der Waals surface area contributed by atoms with Crippen molar-refractivity contribution in [3.63, 3.8) is 0 Å². The van der Waals surface area contributed by atoms with E-state index in [0.717, 1.165) is 12.8 Å². The van der Waals surface area contributed by atoms with Crippen LogP contribution in [0.2, 0.25) is 0 Å². The molecule has 0 spiro atoms. The number of carbonyl (C=O) groups is 3. The molecule has 0 aromatic heterocycles. The molecule has 0 radical (unpaired) electrons. The van der Waals surface area contributed by atoms with Crippen LogP contribution in [0.15, 0.2) is 29.2 Å². The van der Waals surface area contributed by atoms with Crippen LogP contribution < -0.4 is 5.32 Å². The Kier molecular flexibility index (Phi) is 8.93. The van der Waals surface area contributed by atoms with Crippen molar-refractivity contribution in [1.82, 2.24) is 10.2 Å². The Morgan fingerprint density at radius 2 is 1.92 bits per heavy atom. The monoisotopic (exact) mass is 352 g/mol. The van der Waals surface area contributed by atoms with Crippen molar-refractivity contribution < 1.29 is 19.1 Å². The van der Waals surface area contributed by atoms with E-state index in [9.17, 15) is 14.4 Å². The molecule has 24 heavy (non-hydrogen) atoms. The number of amides is 2. The second-order valence-corrected chi connectivity index (χ2v) is 6.37. The lowest BCUT2D eigenvalue weighted by molar-refractivity contribution is -0.126. The van der Waals surface area contributed by atoms with Gasteiger partial charge in [-0.15, -0.1) is 11.8 Å². The summed E-state index contributed by atoms with van der Waals surface area (Å²) in [5.41, 5.74) is 0.357. The van der Waals surface area contributed by atoms with Gasteiger partial charge in [-0.2, -0.15) is 0 Å². The van der Waals surface area contributed by atoms with Gasteiger partial charge in [-0.05, 0) is 18.6 Å². The van der Waals surface area contributed by atoms with Gasteiger partial charge in [0.1, 0.15) is 0 Å². The van der Waals surface area contributed by atoms with Crippen molar-refractivity contribution in [3.05, 3.63) is 29.8 Å². The molecule has 0 bridgehead atoms. The number of thioether (sulfide) groups is 1. The minimum atomic E-state index is -0.568. The van der Waals surface area contributed by atoms with Crippen LogP contribution in [-0.2, 0) is 14.3 Å². The van der Waals surface area contributed by atoms with Gasteiger partial charge in [0.05, 0.1) is 11.3 Å². The summed E-state index contributed by atoms with van der Waals surface area (Å²) < 4.78 is 5.06. The highest BCUT2D eigenvalue weighted by Crippen LogP contribution is 2.23. The van der Waals surface area contributed by atoms with E-state index in [1.807, 2.05) is 6.92 Å². The number of esters is 1. The van der Waals surface area contributed by atoms with Gasteiger partial charge in [0.2, 0.25) is 5.91 Å². The first-order valence-corrected chi connectivity index (χ1v) is 8.80. The second kappa shape index (κ2) is 10.7. The van der Waals surface area contributed by atoms with Crippen LogP contribution in [0.3, 0.4) is 0 Å². The third-order valence-electron chi connectivity index (χ3n) is 3.14. The molecule has 0 saturated heterocycles. The van der Waals surface area contributed by atoms with E-state index < -0.39 is 5.97 Å². The molecule has 0 fully saturated rings. The van der Waals surface area contributed by atoms with E-state index in [0.29, 0.717) is 17.0 Å². The van der Waals surface area contributed by atoms with E-state index in [-0.39, 0.29) is 24.2 Å². The van der Waals surface area contributed by atoms with Crippen molar-refractivity contribution in [1.29, 1.82) is 0 Å². The molecule has 0 atom stereocenters. The molecular formula is C17H24N2O4S. The molecule has 0 heterocycles. The first kappa shape index (κ1) is 20.0. The number of hydrogen-bond acceptors (Lipinski definition) is 5. The summed E-state index contributed by atoms with van der Waals surface area (Å²) in [6.45, 7) is 2.30. The van der Waals surface area contributed by atoms with Gasteiger partial charge >= 0.3 is 5.97 Å². The van der Waals surface area contributed by atoms with Crippen LogP contribution >= 0.6 is 11.8 Å². The fraction of sp³-hybridized carbons (Fsp3) is 0.471. The zero-order valence-electron chi connectivity index (χ0n) is 14.3. The van der Waals surface area contributed by atoms with Gasteiger partial charge < -0.3 is 15.0 Å². The molecule has 1 rings (SSSR count). The molecule has 0 saturated carbocycles. The minimum absolute atomic E-state index is 0.0431. The molecule has 0 aliphatic heterocycles. The van der Waals surface area contributed by atoms with Crippen molar-refractivity contribution in [2.45, 2.75) is 24.7 Å². The molecule has 6 nitrogen and oxygen atoms in total. The highest BCUT2D eigenvalue weighted by molar-refractivity contribution is 8.00.